The third-order valence-electron chi connectivity index (χ3n) is 5.47. The highest BCUT2D eigenvalue weighted by Gasteiger charge is 2.15. The van der Waals surface area contributed by atoms with Gasteiger partial charge in [0.1, 0.15) is 0 Å². The van der Waals surface area contributed by atoms with Crippen LogP contribution in [0.15, 0.2) is 65.7 Å². The minimum absolute atomic E-state index is 0.379. The molecule has 5 nitrogen and oxygen atoms in total. The smallest absolute Gasteiger partial charge is 0.190 e. The zero-order valence-electron chi connectivity index (χ0n) is 18.1. The number of nitrogens with zero attached hydrogens (tertiary/aromatic N) is 1. The first kappa shape index (κ1) is 22.3. The van der Waals surface area contributed by atoms with Crippen LogP contribution >= 0.6 is 0 Å². The van der Waals surface area contributed by atoms with E-state index in [9.17, 15) is 0 Å². The summed E-state index contributed by atoms with van der Waals surface area (Å²) < 4.78 is 11.2. The van der Waals surface area contributed by atoms with E-state index in [4.69, 9.17) is 9.47 Å². The van der Waals surface area contributed by atoms with Gasteiger partial charge in [-0.3, -0.25) is 4.99 Å². The molecule has 1 aliphatic rings. The van der Waals surface area contributed by atoms with Gasteiger partial charge in [0.15, 0.2) is 5.96 Å². The van der Waals surface area contributed by atoms with Crippen molar-refractivity contribution < 1.29 is 9.47 Å². The van der Waals surface area contributed by atoms with Gasteiger partial charge < -0.3 is 20.1 Å². The number of benzene rings is 2. The monoisotopic (exact) mass is 409 g/mol. The van der Waals surface area contributed by atoms with Gasteiger partial charge in [-0.1, -0.05) is 60.7 Å². The summed E-state index contributed by atoms with van der Waals surface area (Å²) in [6.45, 7) is 4.98. The number of ether oxygens (including phenoxy) is 2. The number of aliphatic imine (C=N–C) groups is 1. The molecule has 0 bridgehead atoms. The largest absolute Gasteiger partial charge is 0.381 e. The highest BCUT2D eigenvalue weighted by atomic mass is 16.5. The molecule has 0 amide bonds. The van der Waals surface area contributed by atoms with Gasteiger partial charge in [-0.05, 0) is 30.4 Å². The molecule has 3 rings (SSSR count). The molecule has 1 heterocycles. The molecule has 0 aliphatic carbocycles. The molecule has 1 fully saturated rings. The van der Waals surface area contributed by atoms with Crippen LogP contribution in [0.4, 0.5) is 0 Å². The van der Waals surface area contributed by atoms with E-state index in [0.717, 1.165) is 64.7 Å². The predicted molar refractivity (Wildman–Crippen MR) is 123 cm³/mol. The minimum Gasteiger partial charge on any atom is -0.381 e. The molecule has 1 aliphatic heterocycles. The van der Waals surface area contributed by atoms with Crippen LogP contribution in [0.2, 0.25) is 0 Å². The van der Waals surface area contributed by atoms with Gasteiger partial charge in [0.05, 0.1) is 13.2 Å². The molecular weight excluding hydrogens is 374 g/mol. The van der Waals surface area contributed by atoms with Gasteiger partial charge in [-0.15, -0.1) is 0 Å². The van der Waals surface area contributed by atoms with Crippen molar-refractivity contribution in [2.75, 3.05) is 46.6 Å². The Morgan fingerprint density at radius 3 is 2.57 bits per heavy atom. The van der Waals surface area contributed by atoms with Crippen molar-refractivity contribution in [3.8, 4) is 0 Å². The first-order valence-corrected chi connectivity index (χ1v) is 11.0. The molecular formula is C25H35N3O2. The summed E-state index contributed by atoms with van der Waals surface area (Å²) in [5.74, 6) is 1.80. The van der Waals surface area contributed by atoms with Crippen molar-refractivity contribution in [2.24, 2.45) is 10.9 Å². The summed E-state index contributed by atoms with van der Waals surface area (Å²) in [5, 5.41) is 6.91. The number of hydrogen-bond acceptors (Lipinski definition) is 3. The van der Waals surface area contributed by atoms with Crippen LogP contribution in [0, 0.1) is 5.92 Å². The van der Waals surface area contributed by atoms with Crippen molar-refractivity contribution >= 4 is 5.96 Å². The molecule has 0 saturated carbocycles. The van der Waals surface area contributed by atoms with Crippen LogP contribution in [0.5, 0.6) is 0 Å². The lowest BCUT2D eigenvalue weighted by molar-refractivity contribution is 0.0888. The fraction of sp³-hybridized carbons (Fsp3) is 0.480. The second-order valence-electron chi connectivity index (χ2n) is 7.84. The summed E-state index contributed by atoms with van der Waals surface area (Å²) in [4.78, 5) is 4.38. The SMILES string of the molecule is CN=C(NCCCOCC1CCOC1)NCC(Cc1ccccc1)c1ccccc1. The Morgan fingerprint density at radius 1 is 1.10 bits per heavy atom. The molecule has 0 aromatic heterocycles. The first-order chi connectivity index (χ1) is 14.8. The van der Waals surface area contributed by atoms with E-state index in [0.29, 0.717) is 11.8 Å². The zero-order valence-corrected chi connectivity index (χ0v) is 18.1. The maximum atomic E-state index is 5.78. The lowest BCUT2D eigenvalue weighted by Gasteiger charge is -2.20. The van der Waals surface area contributed by atoms with Gasteiger partial charge in [-0.2, -0.15) is 0 Å². The first-order valence-electron chi connectivity index (χ1n) is 11.0. The minimum atomic E-state index is 0.379. The Kier molecular flexibility index (Phi) is 9.70. The van der Waals surface area contributed by atoms with Gasteiger partial charge in [-0.25, -0.2) is 0 Å². The molecule has 2 aromatic rings. The molecule has 1 saturated heterocycles. The van der Waals surface area contributed by atoms with Crippen LogP contribution in [0.25, 0.3) is 0 Å². The van der Waals surface area contributed by atoms with Crippen molar-refractivity contribution in [1.82, 2.24) is 10.6 Å². The maximum Gasteiger partial charge on any atom is 0.190 e. The maximum absolute atomic E-state index is 5.78. The Balaban J connectivity index is 1.41. The Labute approximate surface area is 180 Å². The Bertz CT molecular complexity index is 731. The quantitative estimate of drug-likeness (QED) is 0.338. The fourth-order valence-corrected chi connectivity index (χ4v) is 3.72. The summed E-state index contributed by atoms with van der Waals surface area (Å²) in [7, 11) is 1.82. The van der Waals surface area contributed by atoms with Crippen LogP contribution in [0.3, 0.4) is 0 Å². The average molecular weight is 410 g/mol. The Morgan fingerprint density at radius 2 is 1.87 bits per heavy atom. The van der Waals surface area contributed by atoms with Crippen molar-refractivity contribution in [3.05, 3.63) is 71.8 Å². The van der Waals surface area contributed by atoms with Gasteiger partial charge >= 0.3 is 0 Å². The normalized spacial score (nSPS) is 17.6. The second kappa shape index (κ2) is 13.0. The number of nitrogens with one attached hydrogen (secondary N) is 2. The van der Waals surface area contributed by atoms with Crippen molar-refractivity contribution in [1.29, 1.82) is 0 Å². The van der Waals surface area contributed by atoms with Crippen LogP contribution in [-0.2, 0) is 15.9 Å². The van der Waals surface area contributed by atoms with E-state index in [2.05, 4.69) is 76.3 Å². The molecule has 2 unspecified atom stereocenters. The fourth-order valence-electron chi connectivity index (χ4n) is 3.72. The molecule has 5 heteroatoms. The van der Waals surface area contributed by atoms with E-state index in [1.165, 1.54) is 11.1 Å². The summed E-state index contributed by atoms with van der Waals surface area (Å²) >= 11 is 0. The third kappa shape index (κ3) is 7.81. The molecule has 2 atom stereocenters. The van der Waals surface area contributed by atoms with E-state index < -0.39 is 0 Å². The summed E-state index contributed by atoms with van der Waals surface area (Å²) in [5.41, 5.74) is 2.69. The summed E-state index contributed by atoms with van der Waals surface area (Å²) in [6, 6.07) is 21.4. The van der Waals surface area contributed by atoms with E-state index in [-0.39, 0.29) is 0 Å². The van der Waals surface area contributed by atoms with E-state index >= 15 is 0 Å². The Hall–Kier alpha value is -2.37. The topological polar surface area (TPSA) is 54.9 Å². The van der Waals surface area contributed by atoms with Gasteiger partial charge in [0, 0.05) is 45.2 Å². The second-order valence-corrected chi connectivity index (χ2v) is 7.84. The average Bonchev–Trinajstić information content (AvgIpc) is 3.32. The van der Waals surface area contributed by atoms with E-state index in [1.807, 2.05) is 7.05 Å². The molecule has 0 spiro atoms. The molecule has 2 N–H and O–H groups in total. The van der Waals surface area contributed by atoms with E-state index in [1.54, 1.807) is 0 Å². The van der Waals surface area contributed by atoms with Crippen molar-refractivity contribution in [3.63, 3.8) is 0 Å². The standard InChI is InChI=1S/C25H35N3O2/c1-26-25(27-14-8-15-29-19-22-13-16-30-20-22)28-18-24(23-11-6-3-7-12-23)17-21-9-4-2-5-10-21/h2-7,9-12,22,24H,8,13-20H2,1H3,(H2,26,27,28). The molecule has 30 heavy (non-hydrogen) atoms. The lowest BCUT2D eigenvalue weighted by atomic mass is 9.92. The van der Waals surface area contributed by atoms with Crippen LogP contribution in [-0.4, -0.2) is 52.5 Å². The van der Waals surface area contributed by atoms with Crippen molar-refractivity contribution in [2.45, 2.75) is 25.2 Å². The number of hydrogen-bond donors (Lipinski definition) is 2. The molecule has 162 valence electrons. The molecule has 0 radical (unpaired) electrons. The lowest BCUT2D eigenvalue weighted by Crippen LogP contribution is -2.40. The highest BCUT2D eigenvalue weighted by Crippen LogP contribution is 2.20. The predicted octanol–water partition coefficient (Wildman–Crippen LogP) is 3.62. The number of rotatable bonds is 11. The summed E-state index contributed by atoms with van der Waals surface area (Å²) in [6.07, 6.45) is 3.08. The van der Waals surface area contributed by atoms with Crippen LogP contribution < -0.4 is 10.6 Å². The van der Waals surface area contributed by atoms with Crippen LogP contribution in [0.1, 0.15) is 29.9 Å². The molecule has 2 aromatic carbocycles. The van der Waals surface area contributed by atoms with Gasteiger partial charge in [0.2, 0.25) is 0 Å². The number of guanidine groups is 1. The third-order valence-corrected chi connectivity index (χ3v) is 5.47. The highest BCUT2D eigenvalue weighted by molar-refractivity contribution is 5.79. The zero-order chi connectivity index (χ0) is 20.9. The van der Waals surface area contributed by atoms with Gasteiger partial charge in [0.25, 0.3) is 0 Å².